The van der Waals surface area contributed by atoms with Crippen molar-refractivity contribution in [2.75, 3.05) is 0 Å². The Morgan fingerprint density at radius 2 is 2.00 bits per heavy atom. The van der Waals surface area contributed by atoms with E-state index < -0.39 is 5.97 Å². The number of rotatable bonds is 2. The highest BCUT2D eigenvalue weighted by molar-refractivity contribution is 5.89. The average molecular weight is 215 g/mol. The van der Waals surface area contributed by atoms with Gasteiger partial charge in [-0.15, -0.1) is 0 Å². The largest absolute Gasteiger partial charge is 0.478 e. The van der Waals surface area contributed by atoms with Crippen LogP contribution < -0.4 is 5.56 Å². The van der Waals surface area contributed by atoms with E-state index in [-0.39, 0.29) is 11.1 Å². The molecule has 2 rings (SSSR count). The topological polar surface area (TPSA) is 70.2 Å². The molecule has 0 unspecified atom stereocenters. The number of aromatic nitrogens is 1. The second kappa shape index (κ2) is 4.02. The fraction of sp³-hybridized carbons (Fsp3) is 0. The quantitative estimate of drug-likeness (QED) is 0.801. The molecule has 0 amide bonds. The van der Waals surface area contributed by atoms with Gasteiger partial charge >= 0.3 is 5.97 Å². The summed E-state index contributed by atoms with van der Waals surface area (Å²) >= 11 is 0. The van der Waals surface area contributed by atoms with Gasteiger partial charge in [-0.05, 0) is 29.8 Å². The zero-order valence-corrected chi connectivity index (χ0v) is 8.31. The van der Waals surface area contributed by atoms with Crippen LogP contribution in [0.15, 0.2) is 47.4 Å². The Morgan fingerprint density at radius 3 is 2.69 bits per heavy atom. The first kappa shape index (κ1) is 10.2. The summed E-state index contributed by atoms with van der Waals surface area (Å²) in [6, 6.07) is 9.64. The second-order valence-electron chi connectivity index (χ2n) is 3.30. The molecule has 0 aliphatic heterocycles. The summed E-state index contributed by atoms with van der Waals surface area (Å²) < 4.78 is 0. The lowest BCUT2D eigenvalue weighted by molar-refractivity contribution is 0.0697. The molecule has 0 aliphatic rings. The van der Waals surface area contributed by atoms with Crippen LogP contribution in [0, 0.1) is 0 Å². The van der Waals surface area contributed by atoms with E-state index in [0.717, 1.165) is 0 Å². The molecule has 2 N–H and O–H groups in total. The van der Waals surface area contributed by atoms with E-state index in [4.69, 9.17) is 5.11 Å². The molecule has 0 atom stereocenters. The third-order valence-corrected chi connectivity index (χ3v) is 2.24. The number of hydrogen-bond acceptors (Lipinski definition) is 2. The first-order valence-electron chi connectivity index (χ1n) is 4.70. The lowest BCUT2D eigenvalue weighted by Gasteiger charge is -2.01. The molecule has 0 bridgehead atoms. The Morgan fingerprint density at radius 1 is 1.19 bits per heavy atom. The van der Waals surface area contributed by atoms with Gasteiger partial charge in [-0.25, -0.2) is 4.79 Å². The van der Waals surface area contributed by atoms with Gasteiger partial charge in [0.2, 0.25) is 0 Å². The third kappa shape index (κ3) is 1.86. The van der Waals surface area contributed by atoms with Gasteiger partial charge < -0.3 is 10.1 Å². The number of aromatic amines is 1. The van der Waals surface area contributed by atoms with Gasteiger partial charge in [0, 0.05) is 11.8 Å². The van der Waals surface area contributed by atoms with Crippen molar-refractivity contribution in [1.82, 2.24) is 4.98 Å². The molecule has 0 fully saturated rings. The number of carboxylic acid groups (broad SMARTS) is 1. The summed E-state index contributed by atoms with van der Waals surface area (Å²) in [4.78, 5) is 24.8. The molecule has 0 spiro atoms. The fourth-order valence-corrected chi connectivity index (χ4v) is 1.47. The summed E-state index contributed by atoms with van der Waals surface area (Å²) in [6.07, 6.45) is 1.53. The molecule has 4 heteroatoms. The SMILES string of the molecule is O=C(O)c1cccc(-c2ccc[nH]c2=O)c1. The number of nitrogens with one attached hydrogen (secondary N) is 1. The Labute approximate surface area is 91.2 Å². The molecule has 0 saturated carbocycles. The van der Waals surface area contributed by atoms with Crippen molar-refractivity contribution in [3.05, 3.63) is 58.5 Å². The maximum Gasteiger partial charge on any atom is 0.335 e. The van der Waals surface area contributed by atoms with Crippen molar-refractivity contribution >= 4 is 5.97 Å². The minimum Gasteiger partial charge on any atom is -0.478 e. The van der Waals surface area contributed by atoms with E-state index >= 15 is 0 Å². The molecule has 1 heterocycles. The molecule has 4 nitrogen and oxygen atoms in total. The third-order valence-electron chi connectivity index (χ3n) is 2.24. The van der Waals surface area contributed by atoms with Crippen LogP contribution in [0.25, 0.3) is 11.1 Å². The molecular weight excluding hydrogens is 206 g/mol. The summed E-state index contributed by atoms with van der Waals surface area (Å²) in [5, 5.41) is 8.84. The number of carbonyl (C=O) groups is 1. The number of benzene rings is 1. The van der Waals surface area contributed by atoms with Gasteiger partial charge in [0.1, 0.15) is 0 Å². The van der Waals surface area contributed by atoms with Crippen LogP contribution in [0.4, 0.5) is 0 Å². The molecule has 0 radical (unpaired) electrons. The van der Waals surface area contributed by atoms with E-state index in [1.54, 1.807) is 24.3 Å². The normalized spacial score (nSPS) is 10.0. The van der Waals surface area contributed by atoms with Crippen LogP contribution in [0.3, 0.4) is 0 Å². The van der Waals surface area contributed by atoms with Crippen LogP contribution in [-0.2, 0) is 0 Å². The van der Waals surface area contributed by atoms with Crippen LogP contribution in [0.1, 0.15) is 10.4 Å². The van der Waals surface area contributed by atoms with Gasteiger partial charge in [-0.2, -0.15) is 0 Å². The Balaban J connectivity index is 2.57. The zero-order chi connectivity index (χ0) is 11.5. The van der Waals surface area contributed by atoms with Crippen molar-refractivity contribution in [3.63, 3.8) is 0 Å². The van der Waals surface area contributed by atoms with E-state index in [2.05, 4.69) is 4.98 Å². The van der Waals surface area contributed by atoms with Crippen molar-refractivity contribution in [1.29, 1.82) is 0 Å². The van der Waals surface area contributed by atoms with Gasteiger partial charge in [0.15, 0.2) is 0 Å². The Kier molecular flexibility index (Phi) is 2.55. The van der Waals surface area contributed by atoms with E-state index in [1.165, 1.54) is 18.3 Å². The summed E-state index contributed by atoms with van der Waals surface area (Å²) in [7, 11) is 0. The molecule has 80 valence electrons. The van der Waals surface area contributed by atoms with E-state index in [1.807, 2.05) is 0 Å². The highest BCUT2D eigenvalue weighted by Gasteiger charge is 2.06. The second-order valence-corrected chi connectivity index (χ2v) is 3.30. The summed E-state index contributed by atoms with van der Waals surface area (Å²) in [5.41, 5.74) is 0.998. The van der Waals surface area contributed by atoms with Crippen LogP contribution in [0.2, 0.25) is 0 Å². The highest BCUT2D eigenvalue weighted by Crippen LogP contribution is 2.16. The molecule has 0 saturated heterocycles. The van der Waals surface area contributed by atoms with Crippen molar-refractivity contribution < 1.29 is 9.90 Å². The van der Waals surface area contributed by atoms with Crippen LogP contribution >= 0.6 is 0 Å². The van der Waals surface area contributed by atoms with Gasteiger partial charge in [-0.1, -0.05) is 12.1 Å². The average Bonchev–Trinajstić information content (AvgIpc) is 2.30. The lowest BCUT2D eigenvalue weighted by Crippen LogP contribution is -2.07. The Bertz CT molecular complexity index is 587. The van der Waals surface area contributed by atoms with Crippen molar-refractivity contribution in [2.45, 2.75) is 0 Å². The first-order chi connectivity index (χ1) is 7.68. The number of H-pyrrole nitrogens is 1. The minimum atomic E-state index is -1.01. The monoisotopic (exact) mass is 215 g/mol. The molecule has 2 aromatic rings. The van der Waals surface area contributed by atoms with Gasteiger partial charge in [-0.3, -0.25) is 4.79 Å². The Hall–Kier alpha value is -2.36. The number of aromatic carboxylic acids is 1. The predicted octanol–water partition coefficient (Wildman–Crippen LogP) is 1.74. The molecular formula is C12H9NO3. The van der Waals surface area contributed by atoms with Crippen LogP contribution in [0.5, 0.6) is 0 Å². The predicted molar refractivity (Wildman–Crippen MR) is 59.5 cm³/mol. The van der Waals surface area contributed by atoms with E-state index in [0.29, 0.717) is 11.1 Å². The van der Waals surface area contributed by atoms with Crippen LogP contribution in [-0.4, -0.2) is 16.1 Å². The van der Waals surface area contributed by atoms with Gasteiger partial charge in [0.05, 0.1) is 5.56 Å². The summed E-state index contributed by atoms with van der Waals surface area (Å²) in [5.74, 6) is -1.01. The zero-order valence-electron chi connectivity index (χ0n) is 8.31. The standard InChI is InChI=1S/C12H9NO3/c14-11-10(5-2-6-13-11)8-3-1-4-9(7-8)12(15)16/h1-7H,(H,13,14)(H,15,16). The molecule has 1 aromatic heterocycles. The number of hydrogen-bond donors (Lipinski definition) is 2. The van der Waals surface area contributed by atoms with Crippen molar-refractivity contribution in [3.8, 4) is 11.1 Å². The van der Waals surface area contributed by atoms with E-state index in [9.17, 15) is 9.59 Å². The lowest BCUT2D eigenvalue weighted by atomic mass is 10.0. The highest BCUT2D eigenvalue weighted by atomic mass is 16.4. The number of carboxylic acids is 1. The maximum absolute atomic E-state index is 11.5. The molecule has 1 aromatic carbocycles. The number of pyridine rings is 1. The van der Waals surface area contributed by atoms with Gasteiger partial charge in [0.25, 0.3) is 5.56 Å². The minimum absolute atomic E-state index is 0.167. The smallest absolute Gasteiger partial charge is 0.335 e. The summed E-state index contributed by atoms with van der Waals surface area (Å²) in [6.45, 7) is 0. The molecule has 16 heavy (non-hydrogen) atoms. The first-order valence-corrected chi connectivity index (χ1v) is 4.70. The van der Waals surface area contributed by atoms with Crippen molar-refractivity contribution in [2.24, 2.45) is 0 Å². The molecule has 0 aliphatic carbocycles. The fourth-order valence-electron chi connectivity index (χ4n) is 1.47. The maximum atomic E-state index is 11.5.